The Bertz CT molecular complexity index is 419. The number of hydrogen-bond donors (Lipinski definition) is 1. The van der Waals surface area contributed by atoms with Crippen LogP contribution in [0.15, 0.2) is 12.1 Å². The third kappa shape index (κ3) is 4.95. The van der Waals surface area contributed by atoms with Crippen molar-refractivity contribution in [1.29, 1.82) is 0 Å². The molecule has 0 saturated heterocycles. The molecule has 0 atom stereocenters. The predicted octanol–water partition coefficient (Wildman–Crippen LogP) is 4.57. The van der Waals surface area contributed by atoms with Gasteiger partial charge in [-0.3, -0.25) is 0 Å². The Morgan fingerprint density at radius 3 is 2.29 bits per heavy atom. The summed E-state index contributed by atoms with van der Waals surface area (Å²) in [7, 11) is 0. The van der Waals surface area contributed by atoms with Gasteiger partial charge in [0.15, 0.2) is 17.4 Å². The molecule has 1 aromatic rings. The summed E-state index contributed by atoms with van der Waals surface area (Å²) in [5.41, 5.74) is 0.617. The first kappa shape index (κ1) is 16.2. The van der Waals surface area contributed by atoms with Crippen LogP contribution in [0.25, 0.3) is 0 Å². The van der Waals surface area contributed by atoms with Crippen LogP contribution >= 0.6 is 0 Å². The molecule has 0 unspecified atom stereocenters. The van der Waals surface area contributed by atoms with Crippen molar-refractivity contribution >= 4 is 0 Å². The number of rotatable bonds is 6. The van der Waals surface area contributed by atoms with Crippen molar-refractivity contribution in [3.05, 3.63) is 29.3 Å². The monoisotopic (exact) mass is 297 g/mol. The molecule has 0 amide bonds. The van der Waals surface area contributed by atoms with E-state index >= 15 is 0 Å². The molecule has 0 aliphatic heterocycles. The Kier molecular flexibility index (Phi) is 6.43. The first-order chi connectivity index (χ1) is 10.2. The van der Waals surface area contributed by atoms with Crippen LogP contribution in [0.5, 0.6) is 5.75 Å². The second-order valence-electron chi connectivity index (χ2n) is 5.80. The SMILES string of the molecule is CCCNCc1cc(F)c(OC2CCCCCC2)c(F)c1. The van der Waals surface area contributed by atoms with Gasteiger partial charge in [0.1, 0.15) is 0 Å². The summed E-state index contributed by atoms with van der Waals surface area (Å²) in [6.07, 6.45) is 7.24. The van der Waals surface area contributed by atoms with Crippen LogP contribution in [0.2, 0.25) is 0 Å². The molecule has 1 fully saturated rings. The van der Waals surface area contributed by atoms with Crippen molar-refractivity contribution in [2.24, 2.45) is 0 Å². The van der Waals surface area contributed by atoms with Gasteiger partial charge in [0.05, 0.1) is 6.10 Å². The molecule has 2 nitrogen and oxygen atoms in total. The third-order valence-electron chi connectivity index (χ3n) is 3.90. The molecule has 0 bridgehead atoms. The van der Waals surface area contributed by atoms with Crippen LogP contribution in [0.4, 0.5) is 8.78 Å². The van der Waals surface area contributed by atoms with E-state index in [0.29, 0.717) is 12.1 Å². The minimum absolute atomic E-state index is 0.0550. The van der Waals surface area contributed by atoms with Crippen LogP contribution in [-0.2, 0) is 6.54 Å². The molecule has 0 aromatic heterocycles. The van der Waals surface area contributed by atoms with Crippen LogP contribution in [0.1, 0.15) is 57.4 Å². The maximum absolute atomic E-state index is 14.1. The average Bonchev–Trinajstić information content (AvgIpc) is 2.72. The first-order valence-electron chi connectivity index (χ1n) is 8.06. The van der Waals surface area contributed by atoms with Gasteiger partial charge >= 0.3 is 0 Å². The first-order valence-corrected chi connectivity index (χ1v) is 8.06. The van der Waals surface area contributed by atoms with E-state index in [1.807, 2.05) is 0 Å². The van der Waals surface area contributed by atoms with Gasteiger partial charge in [0.2, 0.25) is 0 Å². The van der Waals surface area contributed by atoms with Crippen LogP contribution in [-0.4, -0.2) is 12.6 Å². The molecule has 4 heteroatoms. The minimum atomic E-state index is -0.590. The molecule has 0 spiro atoms. The van der Waals surface area contributed by atoms with E-state index in [4.69, 9.17) is 4.74 Å². The maximum atomic E-state index is 14.1. The highest BCUT2D eigenvalue weighted by Crippen LogP contribution is 2.28. The molecule has 0 radical (unpaired) electrons. The zero-order chi connectivity index (χ0) is 15.1. The minimum Gasteiger partial charge on any atom is -0.484 e. The normalized spacial score (nSPS) is 16.7. The lowest BCUT2D eigenvalue weighted by molar-refractivity contribution is 0.167. The van der Waals surface area contributed by atoms with Crippen LogP contribution in [0, 0.1) is 11.6 Å². The summed E-state index contributed by atoms with van der Waals surface area (Å²) in [5.74, 6) is -1.39. The average molecular weight is 297 g/mol. The standard InChI is InChI=1S/C17H25F2NO/c1-2-9-20-12-13-10-15(18)17(16(19)11-13)21-14-7-5-3-4-6-8-14/h10-11,14,20H,2-9,12H2,1H3. The Labute approximate surface area is 125 Å². The Balaban J connectivity index is 2.02. The van der Waals surface area contributed by atoms with Gasteiger partial charge < -0.3 is 10.1 Å². The van der Waals surface area contributed by atoms with E-state index < -0.39 is 11.6 Å². The van der Waals surface area contributed by atoms with Gasteiger partial charge in [-0.25, -0.2) is 8.78 Å². The lowest BCUT2D eigenvalue weighted by Gasteiger charge is -2.18. The molecule has 1 aromatic carbocycles. The van der Waals surface area contributed by atoms with Gasteiger partial charge in [-0.15, -0.1) is 0 Å². The number of halogens is 2. The van der Waals surface area contributed by atoms with Crippen molar-refractivity contribution in [3.63, 3.8) is 0 Å². The summed E-state index contributed by atoms with van der Waals surface area (Å²) in [6.45, 7) is 3.37. The maximum Gasteiger partial charge on any atom is 0.191 e. The molecule has 21 heavy (non-hydrogen) atoms. The molecular weight excluding hydrogens is 272 g/mol. The number of ether oxygens (including phenoxy) is 1. The van der Waals surface area contributed by atoms with Crippen molar-refractivity contribution in [3.8, 4) is 5.75 Å². The topological polar surface area (TPSA) is 21.3 Å². The van der Waals surface area contributed by atoms with Gasteiger partial charge in [-0.05, 0) is 56.3 Å². The van der Waals surface area contributed by atoms with Gasteiger partial charge in [0.25, 0.3) is 0 Å². The molecule has 1 aliphatic rings. The van der Waals surface area contributed by atoms with Gasteiger partial charge in [-0.1, -0.05) is 19.8 Å². The summed E-state index contributed by atoms with van der Waals surface area (Å²) in [6, 6.07) is 2.75. The van der Waals surface area contributed by atoms with E-state index in [0.717, 1.165) is 38.6 Å². The fourth-order valence-electron chi connectivity index (χ4n) is 2.76. The highest BCUT2D eigenvalue weighted by molar-refractivity contribution is 5.31. The zero-order valence-electron chi connectivity index (χ0n) is 12.8. The smallest absolute Gasteiger partial charge is 0.191 e. The lowest BCUT2D eigenvalue weighted by atomic mass is 10.1. The molecule has 1 aliphatic carbocycles. The molecule has 0 heterocycles. The van der Waals surface area contributed by atoms with Gasteiger partial charge in [0, 0.05) is 6.54 Å². The van der Waals surface area contributed by atoms with Crippen LogP contribution < -0.4 is 10.1 Å². The van der Waals surface area contributed by atoms with E-state index in [9.17, 15) is 8.78 Å². The molecule has 1 saturated carbocycles. The molecule has 1 N–H and O–H groups in total. The number of benzene rings is 1. The third-order valence-corrected chi connectivity index (χ3v) is 3.90. The molecule has 118 valence electrons. The Morgan fingerprint density at radius 1 is 1.10 bits per heavy atom. The predicted molar refractivity (Wildman–Crippen MR) is 80.5 cm³/mol. The second kappa shape index (κ2) is 8.32. The second-order valence-corrected chi connectivity index (χ2v) is 5.80. The quantitative estimate of drug-likeness (QED) is 0.613. The molecular formula is C17H25F2NO. The van der Waals surface area contributed by atoms with Gasteiger partial charge in [-0.2, -0.15) is 0 Å². The Morgan fingerprint density at radius 2 is 1.71 bits per heavy atom. The van der Waals surface area contributed by atoms with Crippen molar-refractivity contribution in [1.82, 2.24) is 5.32 Å². The van der Waals surface area contributed by atoms with E-state index in [1.54, 1.807) is 0 Å². The number of hydrogen-bond acceptors (Lipinski definition) is 2. The Hall–Kier alpha value is -1.16. The van der Waals surface area contributed by atoms with Crippen LogP contribution in [0.3, 0.4) is 0 Å². The van der Waals surface area contributed by atoms with E-state index in [1.165, 1.54) is 25.0 Å². The highest BCUT2D eigenvalue weighted by Gasteiger charge is 2.19. The summed E-state index contributed by atoms with van der Waals surface area (Å²) < 4.78 is 33.8. The highest BCUT2D eigenvalue weighted by atomic mass is 19.1. The van der Waals surface area contributed by atoms with E-state index in [2.05, 4.69) is 12.2 Å². The fraction of sp³-hybridized carbons (Fsp3) is 0.647. The van der Waals surface area contributed by atoms with Crippen molar-refractivity contribution < 1.29 is 13.5 Å². The van der Waals surface area contributed by atoms with E-state index in [-0.39, 0.29) is 11.9 Å². The summed E-state index contributed by atoms with van der Waals surface area (Å²) >= 11 is 0. The zero-order valence-corrected chi connectivity index (χ0v) is 12.8. The largest absolute Gasteiger partial charge is 0.484 e. The van der Waals surface area contributed by atoms with Crippen molar-refractivity contribution in [2.45, 2.75) is 64.5 Å². The summed E-state index contributed by atoms with van der Waals surface area (Å²) in [5, 5.41) is 3.14. The molecule has 2 rings (SSSR count). The summed E-state index contributed by atoms with van der Waals surface area (Å²) in [4.78, 5) is 0. The fourth-order valence-corrected chi connectivity index (χ4v) is 2.76. The van der Waals surface area contributed by atoms with Crippen molar-refractivity contribution in [2.75, 3.05) is 6.54 Å². The number of nitrogens with one attached hydrogen (secondary N) is 1. The lowest BCUT2D eigenvalue weighted by Crippen LogP contribution is -2.18.